The first-order valence-electron chi connectivity index (χ1n) is 9.67. The van der Waals surface area contributed by atoms with Crippen LogP contribution in [0.4, 0.5) is 5.69 Å². The van der Waals surface area contributed by atoms with E-state index < -0.39 is 0 Å². The van der Waals surface area contributed by atoms with Gasteiger partial charge in [-0.15, -0.1) is 0 Å². The van der Waals surface area contributed by atoms with Gasteiger partial charge in [-0.05, 0) is 61.4 Å². The molecule has 0 unspecified atom stereocenters. The molecular formula is C25H23Cl2NO3. The number of anilines is 1. The van der Waals surface area contributed by atoms with Gasteiger partial charge in [0.1, 0.15) is 6.61 Å². The maximum Gasteiger partial charge on any atom is 0.248 e. The molecule has 0 saturated carbocycles. The van der Waals surface area contributed by atoms with Crippen molar-refractivity contribution in [3.8, 4) is 11.5 Å². The van der Waals surface area contributed by atoms with Crippen molar-refractivity contribution in [3.63, 3.8) is 0 Å². The van der Waals surface area contributed by atoms with Crippen molar-refractivity contribution in [2.45, 2.75) is 20.5 Å². The molecule has 0 spiro atoms. The Labute approximate surface area is 192 Å². The van der Waals surface area contributed by atoms with Gasteiger partial charge in [0.15, 0.2) is 11.5 Å². The number of methoxy groups -OCH3 is 1. The van der Waals surface area contributed by atoms with Crippen molar-refractivity contribution >= 4 is 40.9 Å². The first-order chi connectivity index (χ1) is 14.9. The van der Waals surface area contributed by atoms with Gasteiger partial charge in [-0.3, -0.25) is 4.79 Å². The van der Waals surface area contributed by atoms with Gasteiger partial charge in [-0.1, -0.05) is 53.0 Å². The number of ether oxygens (including phenoxy) is 2. The summed E-state index contributed by atoms with van der Waals surface area (Å²) in [6.07, 6.45) is 3.20. The van der Waals surface area contributed by atoms with E-state index in [-0.39, 0.29) is 12.5 Å². The Balaban J connectivity index is 1.68. The predicted octanol–water partition coefficient (Wildman–Crippen LogP) is 6.85. The fourth-order valence-electron chi connectivity index (χ4n) is 3.03. The number of carbonyl (C=O) groups excluding carboxylic acids is 1. The normalized spacial score (nSPS) is 10.9. The van der Waals surface area contributed by atoms with Crippen LogP contribution in [0, 0.1) is 13.8 Å². The molecule has 0 saturated heterocycles. The molecule has 31 heavy (non-hydrogen) atoms. The Morgan fingerprint density at radius 2 is 1.74 bits per heavy atom. The highest BCUT2D eigenvalue weighted by Crippen LogP contribution is 2.31. The van der Waals surface area contributed by atoms with E-state index in [1.165, 1.54) is 6.08 Å². The third-order valence-electron chi connectivity index (χ3n) is 4.69. The Morgan fingerprint density at radius 3 is 2.42 bits per heavy atom. The molecule has 1 N–H and O–H groups in total. The van der Waals surface area contributed by atoms with Crippen LogP contribution in [0.3, 0.4) is 0 Å². The first kappa shape index (κ1) is 22.7. The topological polar surface area (TPSA) is 47.6 Å². The van der Waals surface area contributed by atoms with Gasteiger partial charge in [0.2, 0.25) is 5.91 Å². The van der Waals surface area contributed by atoms with E-state index in [1.807, 2.05) is 38.1 Å². The van der Waals surface area contributed by atoms with Gasteiger partial charge in [-0.25, -0.2) is 0 Å². The zero-order chi connectivity index (χ0) is 22.4. The molecule has 0 aliphatic carbocycles. The summed E-state index contributed by atoms with van der Waals surface area (Å²) in [6, 6.07) is 16.6. The lowest BCUT2D eigenvalue weighted by molar-refractivity contribution is -0.111. The number of aryl methyl sites for hydroxylation is 2. The van der Waals surface area contributed by atoms with Crippen LogP contribution in [0.5, 0.6) is 11.5 Å². The summed E-state index contributed by atoms with van der Waals surface area (Å²) >= 11 is 12.4. The summed E-state index contributed by atoms with van der Waals surface area (Å²) < 4.78 is 11.3. The Kier molecular flexibility index (Phi) is 7.61. The molecule has 3 rings (SSSR count). The summed E-state index contributed by atoms with van der Waals surface area (Å²) in [5.41, 5.74) is 4.47. The molecule has 0 bridgehead atoms. The van der Waals surface area contributed by atoms with E-state index >= 15 is 0 Å². The van der Waals surface area contributed by atoms with Gasteiger partial charge < -0.3 is 14.8 Å². The maximum atomic E-state index is 12.3. The average molecular weight is 456 g/mol. The van der Waals surface area contributed by atoms with Crippen molar-refractivity contribution in [1.29, 1.82) is 0 Å². The Bertz CT molecular complexity index is 1110. The number of benzene rings is 3. The zero-order valence-corrected chi connectivity index (χ0v) is 19.1. The number of hydrogen-bond acceptors (Lipinski definition) is 3. The molecule has 0 radical (unpaired) electrons. The van der Waals surface area contributed by atoms with Crippen LogP contribution < -0.4 is 14.8 Å². The van der Waals surface area contributed by atoms with E-state index in [0.29, 0.717) is 27.1 Å². The van der Waals surface area contributed by atoms with E-state index in [1.54, 1.807) is 43.5 Å². The largest absolute Gasteiger partial charge is 0.493 e. The molecule has 0 aromatic heterocycles. The van der Waals surface area contributed by atoms with Crippen molar-refractivity contribution < 1.29 is 14.3 Å². The van der Waals surface area contributed by atoms with Crippen molar-refractivity contribution in [1.82, 2.24) is 0 Å². The average Bonchev–Trinajstić information content (AvgIpc) is 2.74. The molecular weight excluding hydrogens is 433 g/mol. The van der Waals surface area contributed by atoms with Gasteiger partial charge in [0.25, 0.3) is 0 Å². The summed E-state index contributed by atoms with van der Waals surface area (Å²) in [4.78, 5) is 12.3. The minimum atomic E-state index is -0.209. The van der Waals surface area contributed by atoms with Crippen LogP contribution in [0.1, 0.15) is 22.3 Å². The summed E-state index contributed by atoms with van der Waals surface area (Å²) in [7, 11) is 1.56. The van der Waals surface area contributed by atoms with Gasteiger partial charge in [-0.2, -0.15) is 0 Å². The minimum Gasteiger partial charge on any atom is -0.493 e. The van der Waals surface area contributed by atoms with Crippen LogP contribution in [-0.4, -0.2) is 13.0 Å². The maximum absolute atomic E-state index is 12.3. The number of amides is 1. The quantitative estimate of drug-likeness (QED) is 0.396. The smallest absolute Gasteiger partial charge is 0.248 e. The minimum absolute atomic E-state index is 0.209. The third kappa shape index (κ3) is 6.03. The second-order valence-electron chi connectivity index (χ2n) is 7.04. The number of carbonyl (C=O) groups is 1. The zero-order valence-electron chi connectivity index (χ0n) is 17.5. The summed E-state index contributed by atoms with van der Waals surface area (Å²) in [5, 5.41) is 3.97. The van der Waals surface area contributed by atoms with Crippen LogP contribution >= 0.6 is 23.2 Å². The van der Waals surface area contributed by atoms with Crippen molar-refractivity contribution in [2.24, 2.45) is 0 Å². The highest BCUT2D eigenvalue weighted by molar-refractivity contribution is 6.35. The van der Waals surface area contributed by atoms with Crippen LogP contribution in [0.2, 0.25) is 10.0 Å². The van der Waals surface area contributed by atoms with Crippen molar-refractivity contribution in [2.75, 3.05) is 12.4 Å². The molecule has 0 fully saturated rings. The lowest BCUT2D eigenvalue weighted by Crippen LogP contribution is -2.08. The number of rotatable bonds is 7. The van der Waals surface area contributed by atoms with Crippen LogP contribution in [-0.2, 0) is 11.4 Å². The molecule has 0 aliphatic heterocycles. The lowest BCUT2D eigenvalue weighted by Gasteiger charge is -2.13. The summed E-state index contributed by atoms with van der Waals surface area (Å²) in [6.45, 7) is 4.19. The molecule has 6 heteroatoms. The molecule has 3 aromatic carbocycles. The Hall–Kier alpha value is -2.95. The fourth-order valence-corrected chi connectivity index (χ4v) is 3.53. The highest BCUT2D eigenvalue weighted by Gasteiger charge is 2.10. The standard InChI is InChI=1S/C25H23Cl2NO3/c1-16-7-10-22(17(2)13-16)28-25(29)12-9-18-8-11-23(24(14-18)30-3)31-15-19-20(26)5-4-6-21(19)27/h4-14H,15H2,1-3H3,(H,28,29). The predicted molar refractivity (Wildman–Crippen MR) is 127 cm³/mol. The number of nitrogens with one attached hydrogen (secondary N) is 1. The van der Waals surface area contributed by atoms with E-state index in [4.69, 9.17) is 32.7 Å². The molecule has 1 amide bonds. The van der Waals surface area contributed by atoms with E-state index in [0.717, 1.165) is 22.4 Å². The molecule has 0 aliphatic rings. The number of halogens is 2. The van der Waals surface area contributed by atoms with Crippen LogP contribution in [0.25, 0.3) is 6.08 Å². The molecule has 160 valence electrons. The fraction of sp³-hybridized carbons (Fsp3) is 0.160. The van der Waals surface area contributed by atoms with Gasteiger partial charge in [0, 0.05) is 27.4 Å². The molecule has 0 heterocycles. The van der Waals surface area contributed by atoms with Gasteiger partial charge in [0.05, 0.1) is 7.11 Å². The highest BCUT2D eigenvalue weighted by atomic mass is 35.5. The number of hydrogen-bond donors (Lipinski definition) is 1. The molecule has 0 atom stereocenters. The van der Waals surface area contributed by atoms with Gasteiger partial charge >= 0.3 is 0 Å². The van der Waals surface area contributed by atoms with Crippen molar-refractivity contribution in [3.05, 3.63) is 93.0 Å². The Morgan fingerprint density at radius 1 is 1.00 bits per heavy atom. The van der Waals surface area contributed by atoms with Crippen LogP contribution in [0.15, 0.2) is 60.7 Å². The SMILES string of the molecule is COc1cc(C=CC(=O)Nc2ccc(C)cc2C)ccc1OCc1c(Cl)cccc1Cl. The van der Waals surface area contributed by atoms with E-state index in [2.05, 4.69) is 5.32 Å². The monoisotopic (exact) mass is 455 g/mol. The molecule has 4 nitrogen and oxygen atoms in total. The van der Waals surface area contributed by atoms with E-state index in [9.17, 15) is 4.79 Å². The molecule has 3 aromatic rings. The second-order valence-corrected chi connectivity index (χ2v) is 7.85. The lowest BCUT2D eigenvalue weighted by atomic mass is 10.1. The third-order valence-corrected chi connectivity index (χ3v) is 5.40. The first-order valence-corrected chi connectivity index (χ1v) is 10.4. The summed E-state index contributed by atoms with van der Waals surface area (Å²) in [5.74, 6) is 0.884. The second kappa shape index (κ2) is 10.4.